The molecule has 2 unspecified atom stereocenters. The van der Waals surface area contributed by atoms with Crippen molar-refractivity contribution in [2.75, 3.05) is 6.54 Å². The number of carbonyl (C=O) groups is 2. The minimum atomic E-state index is -0.607. The quantitative estimate of drug-likeness (QED) is 0.395. The second-order valence-electron chi connectivity index (χ2n) is 9.05. The van der Waals surface area contributed by atoms with E-state index in [-0.39, 0.29) is 42.3 Å². The standard InChI is InChI=1S/C28H26F2N2O3/c29-22-12-8-20(9-13-22)24(21-10-14-23(30)15-11-21)7-4-16-31-25-17-26(25)32(27(31)33)28(34)35-18-19-5-2-1-3-6-19/h1-3,5-6,8-15,24-26H,4,7,16-18H2. The normalized spacial score (nSPS) is 18.7. The van der Waals surface area contributed by atoms with Gasteiger partial charge in [0.05, 0.1) is 12.1 Å². The molecule has 35 heavy (non-hydrogen) atoms. The maximum atomic E-state index is 13.5. The second-order valence-corrected chi connectivity index (χ2v) is 9.05. The zero-order valence-corrected chi connectivity index (χ0v) is 19.1. The molecule has 180 valence electrons. The highest BCUT2D eigenvalue weighted by molar-refractivity contribution is 5.95. The van der Waals surface area contributed by atoms with Crippen LogP contribution in [0.3, 0.4) is 0 Å². The van der Waals surface area contributed by atoms with Crippen molar-refractivity contribution in [3.05, 3.63) is 107 Å². The fourth-order valence-electron chi connectivity index (χ4n) is 4.85. The molecule has 1 aliphatic heterocycles. The second kappa shape index (κ2) is 9.86. The molecule has 1 heterocycles. The number of nitrogens with zero attached hydrogens (tertiary/aromatic N) is 2. The van der Waals surface area contributed by atoms with Gasteiger partial charge in [0.25, 0.3) is 0 Å². The Morgan fingerprint density at radius 1 is 0.886 bits per heavy atom. The summed E-state index contributed by atoms with van der Waals surface area (Å²) in [5, 5.41) is 0. The lowest BCUT2D eigenvalue weighted by molar-refractivity contribution is 0.102. The number of imide groups is 1. The number of hydrogen-bond donors (Lipinski definition) is 0. The minimum absolute atomic E-state index is 0.0295. The summed E-state index contributed by atoms with van der Waals surface area (Å²) in [5.74, 6) is -0.683. The number of halogens is 2. The van der Waals surface area contributed by atoms with Crippen molar-refractivity contribution in [3.63, 3.8) is 0 Å². The molecule has 0 aromatic heterocycles. The lowest BCUT2D eigenvalue weighted by Gasteiger charge is -2.23. The SMILES string of the molecule is O=C(OCc1ccccc1)N1C(=O)N(CCCC(c2ccc(F)cc2)c2ccc(F)cc2)C2CC21. The van der Waals surface area contributed by atoms with Crippen LogP contribution in [0.15, 0.2) is 78.9 Å². The summed E-state index contributed by atoms with van der Waals surface area (Å²) in [4.78, 5) is 28.6. The van der Waals surface area contributed by atoms with Crippen LogP contribution >= 0.6 is 0 Å². The van der Waals surface area contributed by atoms with Crippen molar-refractivity contribution in [3.8, 4) is 0 Å². The molecule has 1 saturated carbocycles. The third kappa shape index (κ3) is 5.04. The van der Waals surface area contributed by atoms with E-state index in [9.17, 15) is 18.4 Å². The van der Waals surface area contributed by atoms with Crippen LogP contribution in [0.4, 0.5) is 18.4 Å². The van der Waals surface area contributed by atoms with Crippen molar-refractivity contribution in [2.45, 2.75) is 43.9 Å². The van der Waals surface area contributed by atoms with Crippen molar-refractivity contribution in [2.24, 2.45) is 0 Å². The van der Waals surface area contributed by atoms with Crippen LogP contribution in [0.2, 0.25) is 0 Å². The van der Waals surface area contributed by atoms with Crippen molar-refractivity contribution in [1.29, 1.82) is 0 Å². The number of rotatable bonds is 8. The van der Waals surface area contributed by atoms with E-state index in [0.29, 0.717) is 19.4 Å². The minimum Gasteiger partial charge on any atom is -0.444 e. The lowest BCUT2D eigenvalue weighted by atomic mass is 9.87. The first-order valence-electron chi connectivity index (χ1n) is 11.8. The average molecular weight is 477 g/mol. The van der Waals surface area contributed by atoms with Gasteiger partial charge in [-0.3, -0.25) is 0 Å². The van der Waals surface area contributed by atoms with Crippen LogP contribution in [-0.4, -0.2) is 40.6 Å². The Bertz CT molecular complexity index is 1140. The van der Waals surface area contributed by atoms with E-state index in [1.807, 2.05) is 30.3 Å². The molecule has 2 aliphatic rings. The Labute approximate surface area is 202 Å². The van der Waals surface area contributed by atoms with Crippen molar-refractivity contribution in [1.82, 2.24) is 9.80 Å². The summed E-state index contributed by atoms with van der Waals surface area (Å²) in [6, 6.07) is 21.6. The van der Waals surface area contributed by atoms with Crippen molar-refractivity contribution >= 4 is 12.1 Å². The molecule has 3 amide bonds. The monoisotopic (exact) mass is 476 g/mol. The summed E-state index contributed by atoms with van der Waals surface area (Å²) >= 11 is 0. The van der Waals surface area contributed by atoms with Gasteiger partial charge < -0.3 is 9.64 Å². The number of fused-ring (bicyclic) bond motifs is 1. The van der Waals surface area contributed by atoms with Gasteiger partial charge in [-0.25, -0.2) is 23.3 Å². The molecule has 2 fully saturated rings. The number of amides is 3. The third-order valence-electron chi connectivity index (χ3n) is 6.75. The van der Waals surface area contributed by atoms with Crippen molar-refractivity contribution < 1.29 is 23.1 Å². The van der Waals surface area contributed by atoms with Crippen LogP contribution in [0.5, 0.6) is 0 Å². The average Bonchev–Trinajstić information content (AvgIpc) is 3.59. The number of carbonyl (C=O) groups excluding carboxylic acids is 2. The first-order valence-corrected chi connectivity index (χ1v) is 11.8. The Morgan fingerprint density at radius 3 is 2.09 bits per heavy atom. The zero-order chi connectivity index (χ0) is 24.4. The smallest absolute Gasteiger partial charge is 0.418 e. The van der Waals surface area contributed by atoms with Gasteiger partial charge in [0.1, 0.15) is 18.2 Å². The Morgan fingerprint density at radius 2 is 1.49 bits per heavy atom. The molecule has 1 aliphatic carbocycles. The van der Waals surface area contributed by atoms with Gasteiger partial charge in [-0.05, 0) is 60.2 Å². The molecule has 0 spiro atoms. The van der Waals surface area contributed by atoms with Gasteiger partial charge in [0.2, 0.25) is 0 Å². The Balaban J connectivity index is 1.21. The van der Waals surface area contributed by atoms with E-state index < -0.39 is 6.09 Å². The van der Waals surface area contributed by atoms with Gasteiger partial charge in [-0.1, -0.05) is 54.6 Å². The number of ether oxygens (including phenoxy) is 1. The predicted molar refractivity (Wildman–Crippen MR) is 127 cm³/mol. The molecular weight excluding hydrogens is 450 g/mol. The molecule has 7 heteroatoms. The van der Waals surface area contributed by atoms with Crippen LogP contribution in [0, 0.1) is 11.6 Å². The van der Waals surface area contributed by atoms with Crippen LogP contribution in [-0.2, 0) is 11.3 Å². The van der Waals surface area contributed by atoms with Crippen LogP contribution in [0.1, 0.15) is 41.9 Å². The zero-order valence-electron chi connectivity index (χ0n) is 19.1. The molecular formula is C28H26F2N2O3. The lowest BCUT2D eigenvalue weighted by Crippen LogP contribution is -2.41. The predicted octanol–water partition coefficient (Wildman–Crippen LogP) is 6.09. The fraction of sp³-hybridized carbons (Fsp3) is 0.286. The molecule has 0 radical (unpaired) electrons. The molecule has 1 saturated heterocycles. The first-order chi connectivity index (χ1) is 17.0. The fourth-order valence-corrected chi connectivity index (χ4v) is 4.85. The summed E-state index contributed by atoms with van der Waals surface area (Å²) in [6.07, 6.45) is 1.52. The summed E-state index contributed by atoms with van der Waals surface area (Å²) in [7, 11) is 0. The van der Waals surface area contributed by atoms with E-state index in [2.05, 4.69) is 0 Å². The van der Waals surface area contributed by atoms with Gasteiger partial charge >= 0.3 is 12.1 Å². The van der Waals surface area contributed by atoms with Crippen LogP contribution < -0.4 is 0 Å². The Kier molecular flexibility index (Phi) is 6.49. The summed E-state index contributed by atoms with van der Waals surface area (Å²) in [6.45, 7) is 0.624. The maximum Gasteiger partial charge on any atom is 0.418 e. The molecule has 5 rings (SSSR count). The third-order valence-corrected chi connectivity index (χ3v) is 6.75. The summed E-state index contributed by atoms with van der Waals surface area (Å²) < 4.78 is 32.3. The summed E-state index contributed by atoms with van der Waals surface area (Å²) in [5.41, 5.74) is 2.73. The largest absolute Gasteiger partial charge is 0.444 e. The first kappa shape index (κ1) is 23.0. The van der Waals surface area contributed by atoms with Gasteiger partial charge in [-0.15, -0.1) is 0 Å². The molecule has 0 bridgehead atoms. The van der Waals surface area contributed by atoms with Gasteiger partial charge in [0, 0.05) is 12.5 Å². The topological polar surface area (TPSA) is 49.9 Å². The molecule has 0 N–H and O–H groups in total. The number of hydrogen-bond acceptors (Lipinski definition) is 3. The highest BCUT2D eigenvalue weighted by atomic mass is 19.1. The van der Waals surface area contributed by atoms with Crippen LogP contribution in [0.25, 0.3) is 0 Å². The highest BCUT2D eigenvalue weighted by Gasteiger charge is 2.59. The van der Waals surface area contributed by atoms with E-state index >= 15 is 0 Å². The maximum absolute atomic E-state index is 13.5. The van der Waals surface area contributed by atoms with Gasteiger partial charge in [-0.2, -0.15) is 0 Å². The number of benzene rings is 3. The molecule has 2 atom stereocenters. The molecule has 3 aromatic rings. The highest BCUT2D eigenvalue weighted by Crippen LogP contribution is 2.42. The Hall–Kier alpha value is -3.74. The van der Waals surface area contributed by atoms with E-state index in [0.717, 1.165) is 23.1 Å². The van der Waals surface area contributed by atoms with E-state index in [1.54, 1.807) is 29.2 Å². The molecule has 3 aromatic carbocycles. The van der Waals surface area contributed by atoms with E-state index in [1.165, 1.54) is 29.2 Å². The number of urea groups is 1. The van der Waals surface area contributed by atoms with E-state index in [4.69, 9.17) is 4.74 Å². The molecule has 5 nitrogen and oxygen atoms in total. The van der Waals surface area contributed by atoms with Gasteiger partial charge in [0.15, 0.2) is 0 Å².